The Labute approximate surface area is 124 Å². The first-order valence-electron chi connectivity index (χ1n) is 6.85. The topological polar surface area (TPSA) is 12.0 Å². The van der Waals surface area contributed by atoms with Crippen LogP contribution in [0.1, 0.15) is 29.7 Å². The Morgan fingerprint density at radius 1 is 1.15 bits per heavy atom. The molecule has 2 aromatic carbocycles. The van der Waals surface area contributed by atoms with E-state index >= 15 is 0 Å². The molecule has 1 unspecified atom stereocenters. The van der Waals surface area contributed by atoms with Crippen LogP contribution in [0.15, 0.2) is 42.5 Å². The highest BCUT2D eigenvalue weighted by molar-refractivity contribution is 6.30. The Kier molecular flexibility index (Phi) is 5.16. The molecule has 0 heterocycles. The minimum absolute atomic E-state index is 0.0918. The molecule has 2 aromatic rings. The Morgan fingerprint density at radius 3 is 2.60 bits per heavy atom. The zero-order chi connectivity index (χ0) is 14.5. The summed E-state index contributed by atoms with van der Waals surface area (Å²) in [7, 11) is 0. The van der Waals surface area contributed by atoms with E-state index in [0.29, 0.717) is 12.0 Å². The fourth-order valence-corrected chi connectivity index (χ4v) is 2.64. The van der Waals surface area contributed by atoms with Gasteiger partial charge < -0.3 is 5.32 Å². The molecule has 0 spiro atoms. The van der Waals surface area contributed by atoms with Gasteiger partial charge in [0.1, 0.15) is 5.82 Å². The molecule has 1 N–H and O–H groups in total. The van der Waals surface area contributed by atoms with Crippen LogP contribution in [0.5, 0.6) is 0 Å². The third-order valence-corrected chi connectivity index (χ3v) is 3.76. The molecule has 0 aliphatic heterocycles. The van der Waals surface area contributed by atoms with E-state index in [-0.39, 0.29) is 16.9 Å². The van der Waals surface area contributed by atoms with Crippen molar-refractivity contribution in [2.24, 2.45) is 0 Å². The average molecular weight is 292 g/mol. The largest absolute Gasteiger partial charge is 0.310 e. The van der Waals surface area contributed by atoms with Crippen LogP contribution in [0.3, 0.4) is 0 Å². The van der Waals surface area contributed by atoms with Gasteiger partial charge in [-0.15, -0.1) is 0 Å². The molecule has 0 saturated heterocycles. The maximum Gasteiger partial charge on any atom is 0.145 e. The monoisotopic (exact) mass is 291 g/mol. The lowest BCUT2D eigenvalue weighted by Gasteiger charge is -2.21. The lowest BCUT2D eigenvalue weighted by Crippen LogP contribution is -2.24. The van der Waals surface area contributed by atoms with Gasteiger partial charge in [0.25, 0.3) is 0 Å². The summed E-state index contributed by atoms with van der Waals surface area (Å²) in [6.45, 7) is 4.97. The van der Waals surface area contributed by atoms with Crippen LogP contribution in [-0.2, 0) is 6.42 Å². The number of hydrogen-bond acceptors (Lipinski definition) is 1. The van der Waals surface area contributed by atoms with Crippen LogP contribution < -0.4 is 5.32 Å². The summed E-state index contributed by atoms with van der Waals surface area (Å²) in [5, 5.41) is 3.61. The van der Waals surface area contributed by atoms with Crippen LogP contribution >= 0.6 is 11.6 Å². The van der Waals surface area contributed by atoms with Crippen molar-refractivity contribution in [2.75, 3.05) is 6.54 Å². The van der Waals surface area contributed by atoms with Crippen molar-refractivity contribution < 1.29 is 4.39 Å². The molecule has 20 heavy (non-hydrogen) atoms. The summed E-state index contributed by atoms with van der Waals surface area (Å²) in [6, 6.07) is 13.5. The van der Waals surface area contributed by atoms with Gasteiger partial charge in [-0.3, -0.25) is 0 Å². The zero-order valence-corrected chi connectivity index (χ0v) is 12.5. The summed E-state index contributed by atoms with van der Waals surface area (Å²) < 4.78 is 14.1. The fourth-order valence-electron chi connectivity index (χ4n) is 2.44. The van der Waals surface area contributed by atoms with Crippen LogP contribution in [0, 0.1) is 12.7 Å². The summed E-state index contributed by atoms with van der Waals surface area (Å²) in [5.41, 5.74) is 3.06. The van der Waals surface area contributed by atoms with Gasteiger partial charge in [0.15, 0.2) is 0 Å². The van der Waals surface area contributed by atoms with Gasteiger partial charge in [-0.2, -0.15) is 0 Å². The SMILES string of the molecule is CCNC(Cc1cccc(Cl)c1F)c1ccccc1C. The molecule has 106 valence electrons. The summed E-state index contributed by atoms with van der Waals surface area (Å²) >= 11 is 5.86. The van der Waals surface area contributed by atoms with Gasteiger partial charge >= 0.3 is 0 Å². The third-order valence-electron chi connectivity index (χ3n) is 3.47. The fraction of sp³-hybridized carbons (Fsp3) is 0.294. The molecule has 0 aromatic heterocycles. The van der Waals surface area contributed by atoms with Crippen LogP contribution in [0.25, 0.3) is 0 Å². The lowest BCUT2D eigenvalue weighted by atomic mass is 9.95. The van der Waals surface area contributed by atoms with E-state index in [0.717, 1.165) is 6.54 Å². The van der Waals surface area contributed by atoms with Crippen molar-refractivity contribution >= 4 is 11.6 Å². The molecule has 0 aliphatic carbocycles. The smallest absolute Gasteiger partial charge is 0.145 e. The Balaban J connectivity index is 2.31. The molecule has 0 fully saturated rings. The second-order valence-corrected chi connectivity index (χ2v) is 5.29. The predicted molar refractivity (Wildman–Crippen MR) is 82.7 cm³/mol. The number of aryl methyl sites for hydroxylation is 1. The summed E-state index contributed by atoms with van der Waals surface area (Å²) in [5.74, 6) is -0.314. The average Bonchev–Trinajstić information content (AvgIpc) is 2.44. The highest BCUT2D eigenvalue weighted by Crippen LogP contribution is 2.25. The number of nitrogens with one attached hydrogen (secondary N) is 1. The van der Waals surface area contributed by atoms with Gasteiger partial charge in [-0.25, -0.2) is 4.39 Å². The minimum atomic E-state index is -0.314. The van der Waals surface area contributed by atoms with E-state index < -0.39 is 0 Å². The molecule has 1 nitrogen and oxygen atoms in total. The molecule has 0 bridgehead atoms. The molecular weight excluding hydrogens is 273 g/mol. The molecule has 0 aliphatic rings. The molecule has 0 amide bonds. The number of rotatable bonds is 5. The van der Waals surface area contributed by atoms with E-state index in [1.807, 2.05) is 12.1 Å². The number of halogens is 2. The molecular formula is C17H19ClFN. The van der Waals surface area contributed by atoms with Crippen LogP contribution in [0.4, 0.5) is 4.39 Å². The van der Waals surface area contributed by atoms with E-state index in [4.69, 9.17) is 11.6 Å². The predicted octanol–water partition coefficient (Wildman–Crippen LogP) is 4.68. The number of likely N-dealkylation sites (N-methyl/N-ethyl adjacent to an activating group) is 1. The lowest BCUT2D eigenvalue weighted by molar-refractivity contribution is 0.526. The zero-order valence-electron chi connectivity index (χ0n) is 11.8. The second kappa shape index (κ2) is 6.87. The van der Waals surface area contributed by atoms with Crippen molar-refractivity contribution in [1.29, 1.82) is 0 Å². The van der Waals surface area contributed by atoms with Crippen molar-refractivity contribution in [2.45, 2.75) is 26.3 Å². The standard InChI is InChI=1S/C17H19ClFN/c1-3-20-16(14-9-5-4-7-12(14)2)11-13-8-6-10-15(18)17(13)19/h4-10,16,20H,3,11H2,1-2H3. The quantitative estimate of drug-likeness (QED) is 0.843. The number of hydrogen-bond donors (Lipinski definition) is 1. The van der Waals surface area contributed by atoms with Gasteiger partial charge in [0, 0.05) is 6.04 Å². The summed E-state index contributed by atoms with van der Waals surface area (Å²) in [4.78, 5) is 0. The van der Waals surface area contributed by atoms with Crippen LogP contribution in [-0.4, -0.2) is 6.54 Å². The minimum Gasteiger partial charge on any atom is -0.310 e. The molecule has 3 heteroatoms. The van der Waals surface area contributed by atoms with E-state index in [1.165, 1.54) is 11.1 Å². The second-order valence-electron chi connectivity index (χ2n) is 4.88. The van der Waals surface area contributed by atoms with Crippen molar-refractivity contribution in [3.63, 3.8) is 0 Å². The first kappa shape index (κ1) is 15.0. The van der Waals surface area contributed by atoms with Crippen molar-refractivity contribution in [1.82, 2.24) is 5.32 Å². The first-order valence-corrected chi connectivity index (χ1v) is 7.23. The maximum atomic E-state index is 14.1. The molecule has 0 radical (unpaired) electrons. The Hall–Kier alpha value is -1.38. The van der Waals surface area contributed by atoms with Crippen LogP contribution in [0.2, 0.25) is 5.02 Å². The van der Waals surface area contributed by atoms with E-state index in [2.05, 4.69) is 31.3 Å². The Morgan fingerprint density at radius 2 is 1.90 bits per heavy atom. The third kappa shape index (κ3) is 3.38. The Bertz CT molecular complexity index is 583. The molecule has 2 rings (SSSR count). The van der Waals surface area contributed by atoms with Gasteiger partial charge in [0.05, 0.1) is 5.02 Å². The van der Waals surface area contributed by atoms with Crippen molar-refractivity contribution in [3.8, 4) is 0 Å². The highest BCUT2D eigenvalue weighted by Gasteiger charge is 2.16. The van der Waals surface area contributed by atoms with Gasteiger partial charge in [-0.05, 0) is 42.6 Å². The normalized spacial score (nSPS) is 12.4. The molecule has 0 saturated carbocycles. The number of benzene rings is 2. The van der Waals surface area contributed by atoms with Crippen molar-refractivity contribution in [3.05, 3.63) is 70.0 Å². The first-order chi connectivity index (χ1) is 9.63. The van der Waals surface area contributed by atoms with Gasteiger partial charge in [-0.1, -0.05) is 54.9 Å². The summed E-state index contributed by atoms with van der Waals surface area (Å²) in [6.07, 6.45) is 0.588. The maximum absolute atomic E-state index is 14.1. The molecule has 1 atom stereocenters. The van der Waals surface area contributed by atoms with E-state index in [1.54, 1.807) is 18.2 Å². The van der Waals surface area contributed by atoms with Gasteiger partial charge in [0.2, 0.25) is 0 Å². The highest BCUT2D eigenvalue weighted by atomic mass is 35.5. The van der Waals surface area contributed by atoms with E-state index in [9.17, 15) is 4.39 Å².